The Hall–Kier alpha value is -2.31. The molecule has 1 aromatic rings. The van der Waals surface area contributed by atoms with Crippen LogP contribution in [0.25, 0.3) is 0 Å². The zero-order valence-corrected chi connectivity index (χ0v) is 12.0. The number of methoxy groups -OCH3 is 1. The molecule has 1 aliphatic rings. The van der Waals surface area contributed by atoms with Gasteiger partial charge in [-0.25, -0.2) is 0 Å². The van der Waals surface area contributed by atoms with E-state index < -0.39 is 16.3 Å². The van der Waals surface area contributed by atoms with Gasteiger partial charge in [0.15, 0.2) is 0 Å². The lowest BCUT2D eigenvalue weighted by atomic mass is 9.82. The Morgan fingerprint density at radius 1 is 1.48 bits per heavy atom. The van der Waals surface area contributed by atoms with E-state index in [-0.39, 0.29) is 5.69 Å². The molecule has 21 heavy (non-hydrogen) atoms. The van der Waals surface area contributed by atoms with Crippen molar-refractivity contribution in [2.75, 3.05) is 25.1 Å². The summed E-state index contributed by atoms with van der Waals surface area (Å²) in [5.74, 6) is -0.452. The van der Waals surface area contributed by atoms with Crippen molar-refractivity contribution in [1.29, 1.82) is 0 Å². The fraction of sp³-hybridized carbons (Fsp3) is 0.500. The summed E-state index contributed by atoms with van der Waals surface area (Å²) in [4.78, 5) is 23.8. The molecule has 1 aromatic carbocycles. The Morgan fingerprint density at radius 2 is 2.19 bits per heavy atom. The second kappa shape index (κ2) is 5.59. The molecule has 114 valence electrons. The second-order valence-electron chi connectivity index (χ2n) is 5.54. The van der Waals surface area contributed by atoms with E-state index in [2.05, 4.69) is 0 Å². The molecule has 1 unspecified atom stereocenters. The number of benzene rings is 1. The highest BCUT2D eigenvalue weighted by Gasteiger charge is 2.38. The molecule has 0 amide bonds. The number of nitrogens with zero attached hydrogens (tertiary/aromatic N) is 2. The van der Waals surface area contributed by atoms with E-state index >= 15 is 0 Å². The van der Waals surface area contributed by atoms with Gasteiger partial charge in [-0.1, -0.05) is 0 Å². The molecule has 7 nitrogen and oxygen atoms in total. The summed E-state index contributed by atoms with van der Waals surface area (Å²) >= 11 is 0. The van der Waals surface area contributed by atoms with Crippen LogP contribution in [0.4, 0.5) is 11.4 Å². The average molecular weight is 294 g/mol. The largest absolute Gasteiger partial charge is 0.496 e. The number of anilines is 1. The van der Waals surface area contributed by atoms with E-state index in [0.717, 1.165) is 6.42 Å². The fourth-order valence-electron chi connectivity index (χ4n) is 2.61. The van der Waals surface area contributed by atoms with Gasteiger partial charge in [-0.3, -0.25) is 14.9 Å². The first kappa shape index (κ1) is 15.1. The zero-order chi connectivity index (χ0) is 15.6. The number of carboxylic acid groups (broad SMARTS) is 1. The molecule has 2 rings (SSSR count). The minimum atomic E-state index is -0.843. The first-order chi connectivity index (χ1) is 9.85. The molecular formula is C14H18N2O5. The molecule has 0 spiro atoms. The van der Waals surface area contributed by atoms with Gasteiger partial charge in [0, 0.05) is 30.9 Å². The molecule has 0 saturated carbocycles. The number of aliphatic carboxylic acids is 1. The predicted octanol–water partition coefficient (Wildman–Crippen LogP) is 2.29. The lowest BCUT2D eigenvalue weighted by Crippen LogP contribution is -2.46. The first-order valence-electron chi connectivity index (χ1n) is 6.67. The highest BCUT2D eigenvalue weighted by molar-refractivity contribution is 5.75. The number of piperidine rings is 1. The Balaban J connectivity index is 2.34. The van der Waals surface area contributed by atoms with Crippen LogP contribution in [0.2, 0.25) is 0 Å². The van der Waals surface area contributed by atoms with Crippen LogP contribution in [0.15, 0.2) is 18.2 Å². The van der Waals surface area contributed by atoms with Crippen LogP contribution >= 0.6 is 0 Å². The molecular weight excluding hydrogens is 276 g/mol. The number of ether oxygens (including phenoxy) is 1. The van der Waals surface area contributed by atoms with Crippen molar-refractivity contribution in [2.45, 2.75) is 19.8 Å². The molecule has 7 heteroatoms. The molecule has 0 radical (unpaired) electrons. The van der Waals surface area contributed by atoms with Gasteiger partial charge in [-0.2, -0.15) is 0 Å². The van der Waals surface area contributed by atoms with Crippen LogP contribution in [0.3, 0.4) is 0 Å². The molecule has 1 heterocycles. The van der Waals surface area contributed by atoms with Gasteiger partial charge < -0.3 is 14.7 Å². The summed E-state index contributed by atoms with van der Waals surface area (Å²) in [7, 11) is 1.44. The van der Waals surface area contributed by atoms with Gasteiger partial charge in [-0.15, -0.1) is 0 Å². The number of non-ortho nitro benzene ring substituents is 1. The molecule has 0 aromatic heterocycles. The van der Waals surface area contributed by atoms with Gasteiger partial charge in [0.05, 0.1) is 23.5 Å². The van der Waals surface area contributed by atoms with Crippen LogP contribution in [0.5, 0.6) is 5.75 Å². The molecule has 1 aliphatic heterocycles. The number of carbonyl (C=O) groups is 1. The van der Waals surface area contributed by atoms with Crippen molar-refractivity contribution >= 4 is 17.3 Å². The first-order valence-corrected chi connectivity index (χ1v) is 6.67. The van der Waals surface area contributed by atoms with E-state index in [0.29, 0.717) is 30.9 Å². The van der Waals surface area contributed by atoms with Crippen molar-refractivity contribution in [2.24, 2.45) is 5.41 Å². The number of hydrogen-bond acceptors (Lipinski definition) is 5. The van der Waals surface area contributed by atoms with E-state index in [4.69, 9.17) is 4.74 Å². The monoisotopic (exact) mass is 294 g/mol. The van der Waals surface area contributed by atoms with Crippen molar-refractivity contribution < 1.29 is 19.6 Å². The average Bonchev–Trinajstić information content (AvgIpc) is 2.46. The van der Waals surface area contributed by atoms with E-state index in [9.17, 15) is 20.0 Å². The maximum Gasteiger partial charge on any atom is 0.311 e. The lowest BCUT2D eigenvalue weighted by molar-refractivity contribution is -0.384. The third-order valence-corrected chi connectivity index (χ3v) is 3.90. The molecule has 1 fully saturated rings. The van der Waals surface area contributed by atoms with E-state index in [1.165, 1.54) is 19.2 Å². The Labute approximate surface area is 122 Å². The lowest BCUT2D eigenvalue weighted by Gasteiger charge is -2.38. The van der Waals surface area contributed by atoms with Crippen LogP contribution in [0, 0.1) is 15.5 Å². The summed E-state index contributed by atoms with van der Waals surface area (Å²) in [6.45, 7) is 2.70. The topological polar surface area (TPSA) is 92.9 Å². The highest BCUT2D eigenvalue weighted by Crippen LogP contribution is 2.35. The quantitative estimate of drug-likeness (QED) is 0.676. The Morgan fingerprint density at radius 3 is 2.76 bits per heavy atom. The summed E-state index contributed by atoms with van der Waals surface area (Å²) in [6, 6.07) is 4.50. The molecule has 1 atom stereocenters. The SMILES string of the molecule is COc1cc(N2CCCC(C)(C(=O)O)C2)cc([N+](=O)[O-])c1. The maximum atomic E-state index is 11.4. The van der Waals surface area contributed by atoms with Crippen LogP contribution < -0.4 is 9.64 Å². The van der Waals surface area contributed by atoms with Crippen LogP contribution in [0.1, 0.15) is 19.8 Å². The number of nitro benzene ring substituents is 1. The molecule has 0 aliphatic carbocycles. The minimum absolute atomic E-state index is 0.0630. The molecule has 0 bridgehead atoms. The minimum Gasteiger partial charge on any atom is -0.496 e. The molecule has 1 saturated heterocycles. The highest BCUT2D eigenvalue weighted by atomic mass is 16.6. The van der Waals surface area contributed by atoms with Crippen molar-refractivity contribution in [1.82, 2.24) is 0 Å². The molecule has 1 N–H and O–H groups in total. The van der Waals surface area contributed by atoms with Crippen molar-refractivity contribution in [3.8, 4) is 5.75 Å². The summed E-state index contributed by atoms with van der Waals surface area (Å²) in [6.07, 6.45) is 1.33. The maximum absolute atomic E-state index is 11.4. The number of carboxylic acids is 1. The van der Waals surface area contributed by atoms with Gasteiger partial charge >= 0.3 is 5.97 Å². The van der Waals surface area contributed by atoms with Gasteiger partial charge in [-0.05, 0) is 19.8 Å². The Bertz CT molecular complexity index is 574. The van der Waals surface area contributed by atoms with Crippen molar-refractivity contribution in [3.63, 3.8) is 0 Å². The number of nitro groups is 1. The van der Waals surface area contributed by atoms with Crippen LogP contribution in [-0.4, -0.2) is 36.2 Å². The van der Waals surface area contributed by atoms with Crippen LogP contribution in [-0.2, 0) is 4.79 Å². The summed E-state index contributed by atoms with van der Waals surface area (Å²) < 4.78 is 5.09. The number of rotatable bonds is 4. The second-order valence-corrected chi connectivity index (χ2v) is 5.54. The van der Waals surface area contributed by atoms with Gasteiger partial charge in [0.1, 0.15) is 5.75 Å². The standard InChI is InChI=1S/C14H18N2O5/c1-14(13(17)18)4-3-5-15(9-14)10-6-11(16(19)20)8-12(7-10)21-2/h6-8H,3-5,9H2,1-2H3,(H,17,18). The third-order valence-electron chi connectivity index (χ3n) is 3.90. The normalized spacial score (nSPS) is 21.9. The van der Waals surface area contributed by atoms with E-state index in [1.807, 2.05) is 4.90 Å². The smallest absolute Gasteiger partial charge is 0.311 e. The number of hydrogen-bond donors (Lipinski definition) is 1. The Kier molecular flexibility index (Phi) is 4.02. The fourth-order valence-corrected chi connectivity index (χ4v) is 2.61. The van der Waals surface area contributed by atoms with E-state index in [1.54, 1.807) is 13.0 Å². The predicted molar refractivity (Wildman–Crippen MR) is 76.8 cm³/mol. The summed E-state index contributed by atoms with van der Waals surface area (Å²) in [5, 5.41) is 20.3. The van der Waals surface area contributed by atoms with Crippen molar-refractivity contribution in [3.05, 3.63) is 28.3 Å². The zero-order valence-electron chi connectivity index (χ0n) is 12.0. The third kappa shape index (κ3) is 3.07. The summed E-state index contributed by atoms with van der Waals surface area (Å²) in [5.41, 5.74) is -0.281. The van der Waals surface area contributed by atoms with Gasteiger partial charge in [0.25, 0.3) is 5.69 Å². The van der Waals surface area contributed by atoms with Gasteiger partial charge in [0.2, 0.25) is 0 Å².